The van der Waals surface area contributed by atoms with Gasteiger partial charge in [-0.3, -0.25) is 9.78 Å². The third-order valence-corrected chi connectivity index (χ3v) is 3.75. The lowest BCUT2D eigenvalue weighted by Gasteiger charge is -2.37. The number of nitrogens with one attached hydrogen (secondary N) is 1. The maximum absolute atomic E-state index is 12.2. The zero-order chi connectivity index (χ0) is 14.2. The number of H-pyrrole nitrogens is 1. The Morgan fingerprint density at radius 1 is 1.24 bits per heavy atom. The number of para-hydroxylation sites is 2. The molecule has 1 aliphatic heterocycles. The zero-order valence-corrected chi connectivity index (χ0v) is 11.2. The third kappa shape index (κ3) is 2.05. The van der Waals surface area contributed by atoms with Crippen LogP contribution >= 0.6 is 0 Å². The molecule has 0 spiro atoms. The summed E-state index contributed by atoms with van der Waals surface area (Å²) in [5.74, 6) is 1.13. The molecule has 0 unspecified atom stereocenters. The average molecular weight is 279 g/mol. The molecule has 0 bridgehead atoms. The quantitative estimate of drug-likeness (QED) is 0.773. The van der Waals surface area contributed by atoms with E-state index >= 15 is 0 Å². The van der Waals surface area contributed by atoms with E-state index in [1.165, 1.54) is 12.4 Å². The summed E-state index contributed by atoms with van der Waals surface area (Å²) in [6.07, 6.45) is 4.59. The van der Waals surface area contributed by atoms with Gasteiger partial charge in [0.2, 0.25) is 0 Å². The molecule has 2 aromatic heterocycles. The van der Waals surface area contributed by atoms with Gasteiger partial charge in [-0.1, -0.05) is 12.1 Å². The van der Waals surface area contributed by atoms with Crippen LogP contribution in [0, 0.1) is 0 Å². The lowest BCUT2D eigenvalue weighted by atomic mass is 9.99. The summed E-state index contributed by atoms with van der Waals surface area (Å²) in [4.78, 5) is 29.8. The number of amides is 1. The molecule has 1 aromatic carbocycles. The molecule has 0 atom stereocenters. The molecule has 1 N–H and O–H groups in total. The summed E-state index contributed by atoms with van der Waals surface area (Å²) in [6, 6.07) is 7.94. The van der Waals surface area contributed by atoms with Gasteiger partial charge in [-0.2, -0.15) is 0 Å². The maximum Gasteiger partial charge on any atom is 0.274 e. The van der Waals surface area contributed by atoms with Crippen molar-refractivity contribution in [2.45, 2.75) is 5.92 Å². The van der Waals surface area contributed by atoms with Crippen LogP contribution in [0.25, 0.3) is 11.0 Å². The SMILES string of the molecule is O=C(c1cnccn1)N1CC(c2nc3ccccc3[nH]2)C1. The molecule has 1 aliphatic rings. The summed E-state index contributed by atoms with van der Waals surface area (Å²) >= 11 is 0. The average Bonchev–Trinajstić information content (AvgIpc) is 2.90. The van der Waals surface area contributed by atoms with Crippen molar-refractivity contribution >= 4 is 16.9 Å². The van der Waals surface area contributed by atoms with Gasteiger partial charge in [-0.25, -0.2) is 9.97 Å². The van der Waals surface area contributed by atoms with Gasteiger partial charge in [0.15, 0.2) is 0 Å². The van der Waals surface area contributed by atoms with Crippen molar-refractivity contribution in [2.75, 3.05) is 13.1 Å². The van der Waals surface area contributed by atoms with E-state index in [-0.39, 0.29) is 11.8 Å². The molecule has 104 valence electrons. The summed E-state index contributed by atoms with van der Waals surface area (Å²) in [5, 5.41) is 0. The number of hydrogen-bond acceptors (Lipinski definition) is 4. The van der Waals surface area contributed by atoms with E-state index in [0.717, 1.165) is 16.9 Å². The predicted octanol–water partition coefficient (Wildman–Crippen LogP) is 1.59. The number of carbonyl (C=O) groups excluding carboxylic acids is 1. The van der Waals surface area contributed by atoms with E-state index in [0.29, 0.717) is 18.8 Å². The Bertz CT molecular complexity index is 759. The van der Waals surface area contributed by atoms with Crippen molar-refractivity contribution in [1.29, 1.82) is 0 Å². The number of likely N-dealkylation sites (tertiary alicyclic amines) is 1. The number of aromatic nitrogens is 4. The molecule has 0 aliphatic carbocycles. The Morgan fingerprint density at radius 2 is 2.10 bits per heavy atom. The van der Waals surface area contributed by atoms with Crippen LogP contribution in [-0.4, -0.2) is 43.8 Å². The van der Waals surface area contributed by atoms with Crippen LogP contribution in [-0.2, 0) is 0 Å². The van der Waals surface area contributed by atoms with Crippen LogP contribution < -0.4 is 0 Å². The number of imidazole rings is 1. The van der Waals surface area contributed by atoms with Crippen LogP contribution in [0.4, 0.5) is 0 Å². The van der Waals surface area contributed by atoms with Crippen LogP contribution in [0.1, 0.15) is 22.2 Å². The van der Waals surface area contributed by atoms with E-state index in [1.54, 1.807) is 11.1 Å². The van der Waals surface area contributed by atoms with E-state index in [9.17, 15) is 4.79 Å². The fourth-order valence-corrected chi connectivity index (χ4v) is 2.55. The number of carbonyl (C=O) groups is 1. The first-order chi connectivity index (χ1) is 10.3. The molecule has 1 saturated heterocycles. The monoisotopic (exact) mass is 279 g/mol. The molecule has 0 radical (unpaired) electrons. The molecule has 3 aromatic rings. The topological polar surface area (TPSA) is 74.8 Å². The van der Waals surface area contributed by atoms with Crippen LogP contribution in [0.15, 0.2) is 42.9 Å². The molecule has 6 nitrogen and oxygen atoms in total. The van der Waals surface area contributed by atoms with Crippen molar-refractivity contribution in [3.8, 4) is 0 Å². The second-order valence-corrected chi connectivity index (χ2v) is 5.14. The number of aromatic amines is 1. The zero-order valence-electron chi connectivity index (χ0n) is 11.2. The second-order valence-electron chi connectivity index (χ2n) is 5.14. The van der Waals surface area contributed by atoms with Crippen LogP contribution in [0.3, 0.4) is 0 Å². The molecule has 0 saturated carbocycles. The lowest BCUT2D eigenvalue weighted by Crippen LogP contribution is -2.49. The summed E-state index contributed by atoms with van der Waals surface area (Å²) in [5.41, 5.74) is 2.39. The molecule has 4 rings (SSSR count). The molecule has 1 fully saturated rings. The summed E-state index contributed by atoms with van der Waals surface area (Å²) < 4.78 is 0. The van der Waals surface area contributed by atoms with Gasteiger partial charge in [-0.05, 0) is 12.1 Å². The van der Waals surface area contributed by atoms with Gasteiger partial charge in [0, 0.05) is 25.5 Å². The molecular weight excluding hydrogens is 266 g/mol. The molecule has 6 heteroatoms. The Balaban J connectivity index is 1.48. The largest absolute Gasteiger partial charge is 0.342 e. The molecule has 3 heterocycles. The van der Waals surface area contributed by atoms with Crippen molar-refractivity contribution in [3.05, 3.63) is 54.4 Å². The standard InChI is InChI=1S/C15H13N5O/c21-15(13-7-16-5-6-17-13)20-8-10(9-20)14-18-11-3-1-2-4-12(11)19-14/h1-7,10H,8-9H2,(H,18,19). The van der Waals surface area contributed by atoms with Crippen molar-refractivity contribution in [1.82, 2.24) is 24.8 Å². The second kappa shape index (κ2) is 4.66. The van der Waals surface area contributed by atoms with Crippen LogP contribution in [0.2, 0.25) is 0 Å². The first-order valence-electron chi connectivity index (χ1n) is 6.81. The number of rotatable bonds is 2. The number of fused-ring (bicyclic) bond motifs is 1. The van der Waals surface area contributed by atoms with Gasteiger partial charge in [0.05, 0.1) is 23.1 Å². The Hall–Kier alpha value is -2.76. The number of benzene rings is 1. The molecule has 1 amide bonds. The third-order valence-electron chi connectivity index (χ3n) is 3.75. The normalized spacial score (nSPS) is 15.1. The summed E-state index contributed by atoms with van der Waals surface area (Å²) in [7, 11) is 0. The Morgan fingerprint density at radius 3 is 2.86 bits per heavy atom. The summed E-state index contributed by atoms with van der Waals surface area (Å²) in [6.45, 7) is 1.32. The highest BCUT2D eigenvalue weighted by Gasteiger charge is 2.34. The minimum Gasteiger partial charge on any atom is -0.342 e. The molecular formula is C15H13N5O. The van der Waals surface area contributed by atoms with Crippen LogP contribution in [0.5, 0.6) is 0 Å². The predicted molar refractivity (Wildman–Crippen MR) is 76.8 cm³/mol. The fourth-order valence-electron chi connectivity index (χ4n) is 2.55. The lowest BCUT2D eigenvalue weighted by molar-refractivity contribution is 0.0589. The van der Waals surface area contributed by atoms with E-state index < -0.39 is 0 Å². The van der Waals surface area contributed by atoms with Gasteiger partial charge < -0.3 is 9.88 Å². The highest BCUT2D eigenvalue weighted by molar-refractivity contribution is 5.92. The van der Waals surface area contributed by atoms with Gasteiger partial charge in [0.1, 0.15) is 11.5 Å². The van der Waals surface area contributed by atoms with E-state index in [4.69, 9.17) is 0 Å². The first kappa shape index (κ1) is 12.0. The maximum atomic E-state index is 12.2. The minimum absolute atomic E-state index is 0.0736. The van der Waals surface area contributed by atoms with Crippen molar-refractivity contribution in [3.63, 3.8) is 0 Å². The van der Waals surface area contributed by atoms with E-state index in [2.05, 4.69) is 19.9 Å². The number of hydrogen-bond donors (Lipinski definition) is 1. The highest BCUT2D eigenvalue weighted by atomic mass is 16.2. The van der Waals surface area contributed by atoms with Gasteiger partial charge in [-0.15, -0.1) is 0 Å². The van der Waals surface area contributed by atoms with Crippen molar-refractivity contribution in [2.24, 2.45) is 0 Å². The van der Waals surface area contributed by atoms with Gasteiger partial charge in [0.25, 0.3) is 5.91 Å². The Labute approximate surface area is 120 Å². The number of nitrogens with zero attached hydrogens (tertiary/aromatic N) is 4. The minimum atomic E-state index is -0.0736. The van der Waals surface area contributed by atoms with E-state index in [1.807, 2.05) is 24.3 Å². The smallest absolute Gasteiger partial charge is 0.274 e. The first-order valence-corrected chi connectivity index (χ1v) is 6.81. The highest BCUT2D eigenvalue weighted by Crippen LogP contribution is 2.27. The van der Waals surface area contributed by atoms with Gasteiger partial charge >= 0.3 is 0 Å². The Kier molecular flexibility index (Phi) is 2.67. The fraction of sp³-hybridized carbons (Fsp3) is 0.200. The van der Waals surface area contributed by atoms with Crippen molar-refractivity contribution < 1.29 is 4.79 Å². The molecule has 21 heavy (non-hydrogen) atoms.